The number of hydrogen-bond acceptors (Lipinski definition) is 7. The maximum Gasteiger partial charge on any atom is 0.231 e. The number of aryl methyl sites for hydroxylation is 1. The molecular formula is C20H24N6O3. The van der Waals surface area contributed by atoms with Crippen LogP contribution in [0, 0.1) is 5.92 Å². The maximum absolute atomic E-state index is 13.2. The Bertz CT molecular complexity index is 911. The molecule has 0 spiro atoms. The molecule has 0 saturated carbocycles. The Morgan fingerprint density at radius 1 is 1.14 bits per heavy atom. The fourth-order valence-electron chi connectivity index (χ4n) is 5.78. The van der Waals surface area contributed by atoms with Gasteiger partial charge < -0.3 is 14.4 Å². The fourth-order valence-corrected chi connectivity index (χ4v) is 5.78. The summed E-state index contributed by atoms with van der Waals surface area (Å²) in [6, 6.07) is 6.95. The fraction of sp³-hybridized carbons (Fsp3) is 0.600. The van der Waals surface area contributed by atoms with E-state index in [0.29, 0.717) is 36.9 Å². The SMILES string of the molecule is O=C(CCn1cnnn1)N1C[C@@H](c2ccc3c(c2)OCO3)[C@@H]2[C@H]1C1CCN2CC1. The lowest BCUT2D eigenvalue weighted by molar-refractivity contribution is -0.136. The number of rotatable bonds is 4. The predicted octanol–water partition coefficient (Wildman–Crippen LogP) is 0.881. The van der Waals surface area contributed by atoms with Gasteiger partial charge in [0, 0.05) is 24.9 Å². The Morgan fingerprint density at radius 3 is 2.83 bits per heavy atom. The van der Waals surface area contributed by atoms with Gasteiger partial charge in [0.2, 0.25) is 12.7 Å². The molecule has 4 fully saturated rings. The zero-order valence-corrected chi connectivity index (χ0v) is 16.2. The number of fused-ring (bicyclic) bond motifs is 3. The zero-order valence-electron chi connectivity index (χ0n) is 16.2. The van der Waals surface area contributed by atoms with Gasteiger partial charge in [-0.15, -0.1) is 5.10 Å². The topological polar surface area (TPSA) is 85.6 Å². The number of aromatic nitrogens is 4. The molecule has 0 radical (unpaired) electrons. The van der Waals surface area contributed by atoms with E-state index in [0.717, 1.165) is 31.1 Å². The van der Waals surface area contributed by atoms with Gasteiger partial charge in [-0.05, 0) is 60.0 Å². The van der Waals surface area contributed by atoms with E-state index in [4.69, 9.17) is 9.47 Å². The van der Waals surface area contributed by atoms with Crippen molar-refractivity contribution in [1.82, 2.24) is 30.0 Å². The second-order valence-electron chi connectivity index (χ2n) is 8.44. The van der Waals surface area contributed by atoms with Crippen LogP contribution in [-0.2, 0) is 11.3 Å². The van der Waals surface area contributed by atoms with Crippen LogP contribution in [0.1, 0.15) is 30.7 Å². The first-order valence-electron chi connectivity index (χ1n) is 10.4. The lowest BCUT2D eigenvalue weighted by atomic mass is 9.75. The van der Waals surface area contributed by atoms with Gasteiger partial charge in [0.25, 0.3) is 0 Å². The van der Waals surface area contributed by atoms with Crippen LogP contribution >= 0.6 is 0 Å². The van der Waals surface area contributed by atoms with E-state index in [-0.39, 0.29) is 12.7 Å². The van der Waals surface area contributed by atoms with Crippen molar-refractivity contribution in [3.05, 3.63) is 30.1 Å². The van der Waals surface area contributed by atoms with Crippen molar-refractivity contribution >= 4 is 5.91 Å². The van der Waals surface area contributed by atoms with Gasteiger partial charge in [0.15, 0.2) is 11.5 Å². The van der Waals surface area contributed by atoms with E-state index in [1.54, 1.807) is 11.0 Å². The van der Waals surface area contributed by atoms with E-state index in [1.807, 2.05) is 6.07 Å². The smallest absolute Gasteiger partial charge is 0.231 e. The minimum Gasteiger partial charge on any atom is -0.454 e. The Labute approximate surface area is 168 Å². The van der Waals surface area contributed by atoms with Crippen molar-refractivity contribution < 1.29 is 14.3 Å². The second kappa shape index (κ2) is 6.69. The van der Waals surface area contributed by atoms with E-state index >= 15 is 0 Å². The summed E-state index contributed by atoms with van der Waals surface area (Å²) >= 11 is 0. The molecule has 1 aromatic heterocycles. The van der Waals surface area contributed by atoms with Crippen LogP contribution in [0.25, 0.3) is 0 Å². The molecule has 5 aliphatic heterocycles. The van der Waals surface area contributed by atoms with Crippen molar-refractivity contribution in [3.8, 4) is 11.5 Å². The van der Waals surface area contributed by atoms with Crippen molar-refractivity contribution in [1.29, 1.82) is 0 Å². The van der Waals surface area contributed by atoms with Crippen molar-refractivity contribution in [2.75, 3.05) is 26.4 Å². The minimum absolute atomic E-state index is 0.201. The highest BCUT2D eigenvalue weighted by molar-refractivity contribution is 5.77. The number of carbonyl (C=O) groups is 1. The molecule has 0 N–H and O–H groups in total. The van der Waals surface area contributed by atoms with E-state index in [9.17, 15) is 4.79 Å². The lowest BCUT2D eigenvalue weighted by Crippen LogP contribution is -2.60. The molecule has 2 bridgehead atoms. The Hall–Kier alpha value is -2.68. The molecule has 1 amide bonds. The molecule has 0 aliphatic carbocycles. The molecule has 6 heterocycles. The summed E-state index contributed by atoms with van der Waals surface area (Å²) in [5.74, 6) is 2.73. The van der Waals surface area contributed by atoms with Crippen LogP contribution in [0.3, 0.4) is 0 Å². The molecule has 152 valence electrons. The zero-order chi connectivity index (χ0) is 19.4. The van der Waals surface area contributed by atoms with Gasteiger partial charge in [0.05, 0.1) is 12.6 Å². The molecule has 2 aromatic rings. The predicted molar refractivity (Wildman–Crippen MR) is 101 cm³/mol. The summed E-state index contributed by atoms with van der Waals surface area (Å²) in [4.78, 5) is 18.0. The summed E-state index contributed by atoms with van der Waals surface area (Å²) in [5, 5.41) is 11.2. The van der Waals surface area contributed by atoms with Crippen molar-refractivity contribution in [2.45, 2.75) is 43.8 Å². The number of tetrazole rings is 1. The van der Waals surface area contributed by atoms with E-state index in [1.165, 1.54) is 18.4 Å². The normalized spacial score (nSPS) is 31.9. The summed E-state index contributed by atoms with van der Waals surface area (Å²) in [5.41, 5.74) is 1.24. The number of carbonyl (C=O) groups excluding carboxylic acids is 1. The second-order valence-corrected chi connectivity index (χ2v) is 8.44. The van der Waals surface area contributed by atoms with Crippen molar-refractivity contribution in [2.24, 2.45) is 5.92 Å². The molecule has 7 rings (SSSR count). The van der Waals surface area contributed by atoms with E-state index in [2.05, 4.69) is 37.5 Å². The highest BCUT2D eigenvalue weighted by Crippen LogP contribution is 2.48. The summed E-state index contributed by atoms with van der Waals surface area (Å²) in [7, 11) is 0. The average Bonchev–Trinajstić information content (AvgIpc) is 3.52. The van der Waals surface area contributed by atoms with Gasteiger partial charge in [-0.2, -0.15) is 0 Å². The minimum atomic E-state index is 0.201. The Balaban J connectivity index is 1.28. The number of nitrogens with zero attached hydrogens (tertiary/aromatic N) is 6. The number of ether oxygens (including phenoxy) is 2. The largest absolute Gasteiger partial charge is 0.454 e. The van der Waals surface area contributed by atoms with Gasteiger partial charge in [-0.1, -0.05) is 6.07 Å². The highest BCUT2D eigenvalue weighted by atomic mass is 16.7. The number of hydrogen-bond donors (Lipinski definition) is 0. The first kappa shape index (κ1) is 17.2. The third kappa shape index (κ3) is 2.78. The number of likely N-dealkylation sites (tertiary alicyclic amines) is 1. The molecule has 9 nitrogen and oxygen atoms in total. The summed E-state index contributed by atoms with van der Waals surface area (Å²) in [6.07, 6.45) is 4.36. The first-order chi connectivity index (χ1) is 14.3. The van der Waals surface area contributed by atoms with E-state index < -0.39 is 0 Å². The highest BCUT2D eigenvalue weighted by Gasteiger charge is 2.54. The van der Waals surface area contributed by atoms with Crippen molar-refractivity contribution in [3.63, 3.8) is 0 Å². The van der Waals surface area contributed by atoms with Crippen LogP contribution in [0.15, 0.2) is 24.5 Å². The standard InChI is InChI=1S/C20H24N6O3/c27-18(5-8-25-11-21-22-23-25)26-10-15(14-1-2-16-17(9-14)29-12-28-16)20-19(26)13-3-6-24(20)7-4-13/h1-2,9,11,13,15,19-20H,3-8,10,12H2/t15-,19+,20+/m0/s1. The number of amides is 1. The number of benzene rings is 1. The van der Waals surface area contributed by atoms with Gasteiger partial charge >= 0.3 is 0 Å². The third-order valence-electron chi connectivity index (χ3n) is 7.09. The number of piperidine rings is 3. The third-order valence-corrected chi connectivity index (χ3v) is 7.09. The lowest BCUT2D eigenvalue weighted by Gasteiger charge is -2.51. The molecule has 9 heteroatoms. The van der Waals surface area contributed by atoms with Crippen LogP contribution in [0.4, 0.5) is 0 Å². The van der Waals surface area contributed by atoms with Gasteiger partial charge in [-0.25, -0.2) is 4.68 Å². The molecule has 3 atom stereocenters. The maximum atomic E-state index is 13.2. The first-order valence-corrected chi connectivity index (χ1v) is 10.4. The summed E-state index contributed by atoms with van der Waals surface area (Å²) < 4.78 is 12.7. The molecule has 29 heavy (non-hydrogen) atoms. The van der Waals surface area contributed by atoms with Crippen LogP contribution in [0.2, 0.25) is 0 Å². The Kier molecular flexibility index (Phi) is 3.97. The Morgan fingerprint density at radius 2 is 2.00 bits per heavy atom. The molecule has 0 unspecified atom stereocenters. The van der Waals surface area contributed by atoms with Crippen LogP contribution in [0.5, 0.6) is 11.5 Å². The average molecular weight is 396 g/mol. The molecule has 5 aliphatic rings. The van der Waals surface area contributed by atoms with Gasteiger partial charge in [0.1, 0.15) is 6.33 Å². The molecular weight excluding hydrogens is 372 g/mol. The van der Waals surface area contributed by atoms with Crippen LogP contribution in [-0.4, -0.2) is 74.4 Å². The quantitative estimate of drug-likeness (QED) is 0.758. The molecule has 1 aromatic carbocycles. The molecule has 4 saturated heterocycles. The van der Waals surface area contributed by atoms with Gasteiger partial charge in [-0.3, -0.25) is 9.69 Å². The summed E-state index contributed by atoms with van der Waals surface area (Å²) in [6.45, 7) is 3.84. The van der Waals surface area contributed by atoms with Crippen LogP contribution < -0.4 is 9.47 Å². The monoisotopic (exact) mass is 396 g/mol.